The monoisotopic (exact) mass is 516 g/mol. The summed E-state index contributed by atoms with van der Waals surface area (Å²) >= 11 is 0. The second-order valence-corrected chi connectivity index (χ2v) is 6.70. The highest BCUT2D eigenvalue weighted by Crippen LogP contribution is 2.53. The lowest BCUT2D eigenvalue weighted by molar-refractivity contribution is -0.398. The van der Waals surface area contributed by atoms with Crippen molar-refractivity contribution in [1.29, 1.82) is 0 Å². The van der Waals surface area contributed by atoms with E-state index in [9.17, 15) is 64.5 Å². The van der Waals surface area contributed by atoms with E-state index >= 15 is 0 Å². The van der Waals surface area contributed by atoms with Crippen LogP contribution in [0.2, 0.25) is 0 Å². The summed E-state index contributed by atoms with van der Waals surface area (Å²) in [6.07, 6.45) is -9.39. The maximum absolute atomic E-state index is 13.5. The minimum Gasteiger partial charge on any atom is -0.427 e. The summed E-state index contributed by atoms with van der Waals surface area (Å²) in [6.45, 7) is -0.209. The number of carbonyl (C=O) groups is 1. The van der Waals surface area contributed by atoms with Gasteiger partial charge in [-0.15, -0.1) is 0 Å². The van der Waals surface area contributed by atoms with E-state index in [2.05, 4.69) is 9.47 Å². The van der Waals surface area contributed by atoms with Crippen molar-refractivity contribution >= 4 is 17.5 Å². The second kappa shape index (κ2) is 9.49. The summed E-state index contributed by atoms with van der Waals surface area (Å²) in [5.41, 5.74) is -2.48. The second-order valence-electron chi connectivity index (χ2n) is 6.70. The Morgan fingerprint density at radius 3 is 1.91 bits per heavy atom. The highest BCUT2D eigenvalue weighted by atomic mass is 19.4. The van der Waals surface area contributed by atoms with Gasteiger partial charge in [-0.3, -0.25) is 20.2 Å². The van der Waals surface area contributed by atoms with Gasteiger partial charge in [0.1, 0.15) is 0 Å². The van der Waals surface area contributed by atoms with Gasteiger partial charge in [-0.05, 0) is 12.3 Å². The van der Waals surface area contributed by atoms with Crippen LogP contribution in [-0.2, 0) is 4.74 Å². The normalized spacial score (nSPS) is 13.9. The molecule has 1 unspecified atom stereocenters. The summed E-state index contributed by atoms with van der Waals surface area (Å²) in [5.74, 6) is -22.5. The van der Waals surface area contributed by atoms with Crippen molar-refractivity contribution in [1.82, 2.24) is 0 Å². The average Bonchev–Trinajstić information content (AvgIpc) is 2.70. The number of halogens is 9. The molecular formula is C16H13F9N2O7. The number of hydrogen-bond acceptors (Lipinski definition) is 7. The predicted molar refractivity (Wildman–Crippen MR) is 91.3 cm³/mol. The third-order valence-electron chi connectivity index (χ3n) is 4.40. The molecule has 1 atom stereocenters. The zero-order valence-corrected chi connectivity index (χ0v) is 16.8. The van der Waals surface area contributed by atoms with Gasteiger partial charge in [-0.25, -0.2) is 4.79 Å². The van der Waals surface area contributed by atoms with Crippen molar-refractivity contribution in [2.75, 3.05) is 6.61 Å². The van der Waals surface area contributed by atoms with E-state index < -0.39 is 69.6 Å². The van der Waals surface area contributed by atoms with Crippen LogP contribution < -0.4 is 4.74 Å². The van der Waals surface area contributed by atoms with Crippen molar-refractivity contribution in [3.8, 4) is 5.75 Å². The van der Waals surface area contributed by atoms with Crippen molar-refractivity contribution in [2.24, 2.45) is 0 Å². The molecule has 1 aromatic rings. The fourth-order valence-corrected chi connectivity index (χ4v) is 2.32. The van der Waals surface area contributed by atoms with Crippen molar-refractivity contribution in [3.63, 3.8) is 0 Å². The van der Waals surface area contributed by atoms with Crippen LogP contribution in [0.3, 0.4) is 0 Å². The van der Waals surface area contributed by atoms with Crippen LogP contribution in [0.5, 0.6) is 5.75 Å². The smallest absolute Gasteiger partial charge is 0.427 e. The molecule has 0 fully saturated rings. The van der Waals surface area contributed by atoms with Gasteiger partial charge in [0.25, 0.3) is 5.69 Å². The Hall–Kier alpha value is -3.34. The molecule has 1 aromatic carbocycles. The molecule has 9 nitrogen and oxygen atoms in total. The highest BCUT2D eigenvalue weighted by molar-refractivity contribution is 5.70. The molecule has 192 valence electrons. The van der Waals surface area contributed by atoms with Gasteiger partial charge >= 0.3 is 35.8 Å². The van der Waals surface area contributed by atoms with E-state index in [4.69, 9.17) is 0 Å². The number of hydrogen-bond donors (Lipinski definition) is 0. The van der Waals surface area contributed by atoms with E-state index in [0.29, 0.717) is 6.07 Å². The summed E-state index contributed by atoms with van der Waals surface area (Å²) in [4.78, 5) is 31.6. The molecule has 0 spiro atoms. The fourth-order valence-electron chi connectivity index (χ4n) is 2.32. The van der Waals surface area contributed by atoms with E-state index in [1.54, 1.807) is 0 Å². The van der Waals surface area contributed by atoms with Gasteiger partial charge in [-0.1, -0.05) is 13.8 Å². The first-order valence-electron chi connectivity index (χ1n) is 8.72. The Morgan fingerprint density at radius 1 is 0.971 bits per heavy atom. The van der Waals surface area contributed by atoms with Crippen LogP contribution in [0, 0.1) is 20.2 Å². The SMILES string of the molecule is CCC(C)c1cc([N+](=O)[O-])cc([N+](=O)[O-])c1OC(=O)OCC(F)(F)C(F)(F)C(F)(F)C(F)(F)F. The molecule has 0 aliphatic heterocycles. The summed E-state index contributed by atoms with van der Waals surface area (Å²) in [7, 11) is 0. The van der Waals surface area contributed by atoms with Crippen LogP contribution in [-0.4, -0.2) is 46.6 Å². The van der Waals surface area contributed by atoms with Crippen molar-refractivity contribution < 1.29 is 63.6 Å². The quantitative estimate of drug-likeness (QED) is 0.130. The molecule has 0 heterocycles. The third-order valence-corrected chi connectivity index (χ3v) is 4.40. The number of nitro groups is 2. The molecule has 0 saturated carbocycles. The number of non-ortho nitro benzene ring substituents is 1. The number of carbonyl (C=O) groups excluding carboxylic acids is 1. The standard InChI is InChI=1S/C16H13F9N2O7/c1-3-7(2)9-4-8(26(29)30)5-10(27(31)32)11(9)34-12(28)33-6-13(17,18)14(19,20)15(21,22)16(23,24)25/h4-5,7H,3,6H2,1-2H3. The Morgan fingerprint density at radius 2 is 1.50 bits per heavy atom. The highest BCUT2D eigenvalue weighted by Gasteiger charge is 2.82. The molecule has 18 heteroatoms. The topological polar surface area (TPSA) is 122 Å². The maximum atomic E-state index is 13.5. The molecule has 0 aromatic heterocycles. The lowest BCUT2D eigenvalue weighted by Crippen LogP contribution is -2.62. The van der Waals surface area contributed by atoms with Crippen LogP contribution >= 0.6 is 0 Å². The summed E-state index contributed by atoms with van der Waals surface area (Å²) in [5, 5.41) is 22.2. The minimum atomic E-state index is -7.22. The van der Waals surface area contributed by atoms with Crippen LogP contribution in [0.1, 0.15) is 31.7 Å². The Kier molecular flexibility index (Phi) is 8.01. The first kappa shape index (κ1) is 28.7. The van der Waals surface area contributed by atoms with E-state index in [1.807, 2.05) is 0 Å². The molecular weight excluding hydrogens is 503 g/mol. The number of benzene rings is 1. The van der Waals surface area contributed by atoms with Gasteiger partial charge in [0, 0.05) is 11.6 Å². The Labute approximate surface area is 182 Å². The molecule has 0 N–H and O–H groups in total. The molecule has 0 amide bonds. The third kappa shape index (κ3) is 5.41. The summed E-state index contributed by atoms with van der Waals surface area (Å²) in [6, 6.07) is 1.03. The molecule has 0 saturated heterocycles. The molecule has 1 rings (SSSR count). The van der Waals surface area contributed by atoms with Crippen LogP contribution in [0.25, 0.3) is 0 Å². The molecule has 0 radical (unpaired) electrons. The van der Waals surface area contributed by atoms with Gasteiger partial charge in [0.15, 0.2) is 6.61 Å². The van der Waals surface area contributed by atoms with Crippen molar-refractivity contribution in [2.45, 2.75) is 50.1 Å². The largest absolute Gasteiger partial charge is 0.514 e. The van der Waals surface area contributed by atoms with Gasteiger partial charge in [-0.2, -0.15) is 39.5 Å². The van der Waals surface area contributed by atoms with E-state index in [1.165, 1.54) is 13.8 Å². The minimum absolute atomic E-state index is 0.126. The predicted octanol–water partition coefficient (Wildman–Crippen LogP) is 6.00. The molecule has 0 bridgehead atoms. The van der Waals surface area contributed by atoms with Crippen molar-refractivity contribution in [3.05, 3.63) is 37.9 Å². The van der Waals surface area contributed by atoms with E-state index in [0.717, 1.165) is 6.07 Å². The first-order valence-corrected chi connectivity index (χ1v) is 8.72. The zero-order chi connectivity index (χ0) is 26.9. The maximum Gasteiger partial charge on any atom is 0.514 e. The van der Waals surface area contributed by atoms with Crippen LogP contribution in [0.15, 0.2) is 12.1 Å². The van der Waals surface area contributed by atoms with E-state index in [-0.39, 0.29) is 12.0 Å². The Bertz CT molecular complexity index is 967. The van der Waals surface area contributed by atoms with Gasteiger partial charge in [0.05, 0.1) is 15.9 Å². The lowest BCUT2D eigenvalue weighted by atomic mass is 9.96. The number of rotatable bonds is 9. The van der Waals surface area contributed by atoms with Gasteiger partial charge < -0.3 is 9.47 Å². The number of nitro benzene ring substituents is 2. The molecule has 0 aliphatic rings. The fraction of sp³-hybridized carbons (Fsp3) is 0.562. The number of alkyl halides is 9. The molecule has 34 heavy (non-hydrogen) atoms. The van der Waals surface area contributed by atoms with Gasteiger partial charge in [0.2, 0.25) is 5.75 Å². The van der Waals surface area contributed by atoms with Crippen LogP contribution in [0.4, 0.5) is 55.7 Å². The first-order chi connectivity index (χ1) is 15.2. The average molecular weight is 516 g/mol. The Balaban J connectivity index is 3.28. The lowest BCUT2D eigenvalue weighted by Gasteiger charge is -2.33. The number of ether oxygens (including phenoxy) is 2. The summed E-state index contributed by atoms with van der Waals surface area (Å²) < 4.78 is 123. The number of nitrogens with zero attached hydrogens (tertiary/aromatic N) is 2. The zero-order valence-electron chi connectivity index (χ0n) is 16.8. The molecule has 0 aliphatic carbocycles.